The molecule has 0 aliphatic rings. The summed E-state index contributed by atoms with van der Waals surface area (Å²) in [4.78, 5) is 5.18. The first-order chi connectivity index (χ1) is 9.79. The fourth-order valence-corrected chi connectivity index (χ4v) is 2.61. The average Bonchev–Trinajstić information content (AvgIpc) is 2.51. The van der Waals surface area contributed by atoms with Crippen molar-refractivity contribution in [2.75, 3.05) is 12.0 Å². The van der Waals surface area contributed by atoms with Crippen LogP contribution in [0.2, 0.25) is 0 Å². The summed E-state index contributed by atoms with van der Waals surface area (Å²) in [7, 11) is 0. The number of benzene rings is 2. The number of hydrogen-bond donors (Lipinski definition) is 1. The van der Waals surface area contributed by atoms with Crippen molar-refractivity contribution in [3.63, 3.8) is 0 Å². The average molecular weight is 282 g/mol. The maximum Gasteiger partial charge on any atom is 0.151 e. The van der Waals surface area contributed by atoms with Crippen molar-refractivity contribution >= 4 is 28.2 Å². The molecule has 0 radical (unpaired) electrons. The van der Waals surface area contributed by atoms with E-state index in [2.05, 4.69) is 4.98 Å². The highest BCUT2D eigenvalue weighted by molar-refractivity contribution is 7.98. The molecule has 0 aliphatic heterocycles. The summed E-state index contributed by atoms with van der Waals surface area (Å²) in [5, 5.41) is 1.97. The number of fused-ring (bicyclic) bond motifs is 1. The summed E-state index contributed by atoms with van der Waals surface area (Å²) in [6.07, 6.45) is 5.56. The zero-order valence-corrected chi connectivity index (χ0v) is 11.9. The van der Waals surface area contributed by atoms with Gasteiger partial charge < -0.3 is 10.5 Å². The SMILES string of the molecule is CSc1ccccc1Oc1ccc2cnccc2c1N. The van der Waals surface area contributed by atoms with Gasteiger partial charge in [-0.15, -0.1) is 11.8 Å². The molecule has 0 bridgehead atoms. The number of ether oxygens (including phenoxy) is 1. The molecule has 1 heterocycles. The smallest absolute Gasteiger partial charge is 0.151 e. The third kappa shape index (κ3) is 2.30. The number of nitrogens with zero attached hydrogens (tertiary/aromatic N) is 1. The molecule has 2 aromatic carbocycles. The molecular weight excluding hydrogens is 268 g/mol. The van der Waals surface area contributed by atoms with Gasteiger partial charge in [0, 0.05) is 28.1 Å². The Labute approximate surface area is 121 Å². The molecule has 0 spiro atoms. The lowest BCUT2D eigenvalue weighted by atomic mass is 10.1. The van der Waals surface area contributed by atoms with Crippen LogP contribution in [0.4, 0.5) is 5.69 Å². The third-order valence-electron chi connectivity index (χ3n) is 3.11. The Kier molecular flexibility index (Phi) is 3.48. The van der Waals surface area contributed by atoms with Crippen LogP contribution in [0.25, 0.3) is 10.8 Å². The number of thioether (sulfide) groups is 1. The van der Waals surface area contributed by atoms with Gasteiger partial charge in [-0.05, 0) is 36.6 Å². The number of nitrogens with two attached hydrogens (primary N) is 1. The van der Waals surface area contributed by atoms with E-state index in [9.17, 15) is 0 Å². The van der Waals surface area contributed by atoms with Crippen molar-refractivity contribution in [3.05, 3.63) is 54.9 Å². The second-order valence-electron chi connectivity index (χ2n) is 4.33. The second kappa shape index (κ2) is 5.43. The lowest BCUT2D eigenvalue weighted by Crippen LogP contribution is -1.94. The third-order valence-corrected chi connectivity index (χ3v) is 3.89. The van der Waals surface area contributed by atoms with Gasteiger partial charge in [-0.1, -0.05) is 12.1 Å². The number of anilines is 1. The highest BCUT2D eigenvalue weighted by atomic mass is 32.2. The van der Waals surface area contributed by atoms with Gasteiger partial charge in [0.15, 0.2) is 5.75 Å². The number of aromatic nitrogens is 1. The Morgan fingerprint density at radius 3 is 2.75 bits per heavy atom. The van der Waals surface area contributed by atoms with Gasteiger partial charge in [-0.3, -0.25) is 4.98 Å². The standard InChI is InChI=1S/C16H14N2OS/c1-20-15-5-3-2-4-13(15)19-14-7-6-11-10-18-9-8-12(11)16(14)17/h2-10H,17H2,1H3. The molecule has 100 valence electrons. The van der Waals surface area contributed by atoms with Crippen molar-refractivity contribution < 1.29 is 4.74 Å². The van der Waals surface area contributed by atoms with Crippen LogP contribution in [0, 0.1) is 0 Å². The molecule has 3 nitrogen and oxygen atoms in total. The number of para-hydroxylation sites is 1. The van der Waals surface area contributed by atoms with Gasteiger partial charge in [0.2, 0.25) is 0 Å². The Bertz CT molecular complexity index is 758. The van der Waals surface area contributed by atoms with Crippen LogP contribution in [0.1, 0.15) is 0 Å². The minimum absolute atomic E-state index is 0.640. The highest BCUT2D eigenvalue weighted by Crippen LogP contribution is 2.36. The largest absolute Gasteiger partial charge is 0.454 e. The zero-order valence-electron chi connectivity index (χ0n) is 11.0. The summed E-state index contributed by atoms with van der Waals surface area (Å²) in [5.41, 5.74) is 6.84. The maximum atomic E-state index is 6.20. The Morgan fingerprint density at radius 2 is 1.90 bits per heavy atom. The van der Waals surface area contributed by atoms with Gasteiger partial charge in [-0.25, -0.2) is 0 Å². The van der Waals surface area contributed by atoms with E-state index in [1.807, 2.05) is 48.7 Å². The van der Waals surface area contributed by atoms with E-state index in [1.54, 1.807) is 24.2 Å². The van der Waals surface area contributed by atoms with Crippen LogP contribution < -0.4 is 10.5 Å². The molecule has 2 N–H and O–H groups in total. The van der Waals surface area contributed by atoms with Crippen molar-refractivity contribution in [1.82, 2.24) is 4.98 Å². The first-order valence-corrected chi connectivity index (χ1v) is 7.45. The predicted octanol–water partition coefficient (Wildman–Crippen LogP) is 4.33. The molecule has 0 aliphatic carbocycles. The second-order valence-corrected chi connectivity index (χ2v) is 5.18. The van der Waals surface area contributed by atoms with Crippen LogP contribution in [0.5, 0.6) is 11.5 Å². The molecule has 0 saturated heterocycles. The van der Waals surface area contributed by atoms with Gasteiger partial charge >= 0.3 is 0 Å². The quantitative estimate of drug-likeness (QED) is 0.573. The fourth-order valence-electron chi connectivity index (χ4n) is 2.08. The molecule has 0 unspecified atom stereocenters. The van der Waals surface area contributed by atoms with Crippen LogP contribution in [0.15, 0.2) is 59.8 Å². The van der Waals surface area contributed by atoms with Gasteiger partial charge in [0.25, 0.3) is 0 Å². The fraction of sp³-hybridized carbons (Fsp3) is 0.0625. The summed E-state index contributed by atoms with van der Waals surface area (Å²) in [5.74, 6) is 1.49. The van der Waals surface area contributed by atoms with Crippen LogP contribution in [0.3, 0.4) is 0 Å². The predicted molar refractivity (Wildman–Crippen MR) is 84.5 cm³/mol. The zero-order chi connectivity index (χ0) is 13.9. The lowest BCUT2D eigenvalue weighted by molar-refractivity contribution is 0.474. The molecule has 3 rings (SSSR count). The van der Waals surface area contributed by atoms with Crippen molar-refractivity contribution in [2.45, 2.75) is 4.90 Å². The van der Waals surface area contributed by atoms with E-state index in [0.717, 1.165) is 21.4 Å². The van der Waals surface area contributed by atoms with Crippen molar-refractivity contribution in [1.29, 1.82) is 0 Å². The Hall–Kier alpha value is -2.20. The molecule has 3 aromatic rings. The molecule has 20 heavy (non-hydrogen) atoms. The van der Waals surface area contributed by atoms with E-state index in [0.29, 0.717) is 11.4 Å². The molecule has 0 atom stereocenters. The Morgan fingerprint density at radius 1 is 1.05 bits per heavy atom. The van der Waals surface area contributed by atoms with Crippen molar-refractivity contribution in [3.8, 4) is 11.5 Å². The molecule has 0 saturated carbocycles. The maximum absolute atomic E-state index is 6.20. The normalized spacial score (nSPS) is 10.7. The van der Waals surface area contributed by atoms with E-state index >= 15 is 0 Å². The van der Waals surface area contributed by atoms with Crippen LogP contribution in [-0.2, 0) is 0 Å². The summed E-state index contributed by atoms with van der Waals surface area (Å²) < 4.78 is 5.97. The Balaban J connectivity index is 2.05. The molecule has 1 aromatic heterocycles. The molecule has 4 heteroatoms. The number of rotatable bonds is 3. The molecule has 0 fully saturated rings. The van der Waals surface area contributed by atoms with Gasteiger partial charge in [0.1, 0.15) is 5.75 Å². The van der Waals surface area contributed by atoms with Crippen LogP contribution in [-0.4, -0.2) is 11.2 Å². The summed E-state index contributed by atoms with van der Waals surface area (Å²) >= 11 is 1.65. The van der Waals surface area contributed by atoms with Crippen molar-refractivity contribution in [2.24, 2.45) is 0 Å². The number of nitrogen functional groups attached to an aromatic ring is 1. The monoisotopic (exact) mass is 282 g/mol. The summed E-state index contributed by atoms with van der Waals surface area (Å²) in [6, 6.07) is 13.7. The lowest BCUT2D eigenvalue weighted by Gasteiger charge is -2.12. The minimum Gasteiger partial charge on any atom is -0.454 e. The number of hydrogen-bond acceptors (Lipinski definition) is 4. The van der Waals surface area contributed by atoms with E-state index in [-0.39, 0.29) is 0 Å². The first-order valence-electron chi connectivity index (χ1n) is 6.22. The highest BCUT2D eigenvalue weighted by Gasteiger charge is 2.08. The van der Waals surface area contributed by atoms with E-state index in [4.69, 9.17) is 10.5 Å². The first kappa shape index (κ1) is 12.8. The molecular formula is C16H14N2OS. The van der Waals surface area contributed by atoms with E-state index < -0.39 is 0 Å². The van der Waals surface area contributed by atoms with Gasteiger partial charge in [-0.2, -0.15) is 0 Å². The minimum atomic E-state index is 0.640. The van der Waals surface area contributed by atoms with Crippen LogP contribution >= 0.6 is 11.8 Å². The summed E-state index contributed by atoms with van der Waals surface area (Å²) in [6.45, 7) is 0. The topological polar surface area (TPSA) is 48.1 Å². The molecule has 0 amide bonds. The van der Waals surface area contributed by atoms with E-state index in [1.165, 1.54) is 0 Å². The number of pyridine rings is 1. The van der Waals surface area contributed by atoms with Gasteiger partial charge in [0.05, 0.1) is 5.69 Å².